The van der Waals surface area contributed by atoms with Crippen LogP contribution in [0, 0.1) is 3.57 Å². The van der Waals surface area contributed by atoms with Gasteiger partial charge >= 0.3 is 0 Å². The first-order chi connectivity index (χ1) is 9.15. The molecule has 1 aliphatic rings. The first kappa shape index (κ1) is 13.4. The summed E-state index contributed by atoms with van der Waals surface area (Å²) in [5.41, 5.74) is 0.837. The fourth-order valence-electron chi connectivity index (χ4n) is 2.50. The summed E-state index contributed by atoms with van der Waals surface area (Å²) in [5.74, 6) is 1.50. The Morgan fingerprint density at radius 3 is 2.74 bits per heavy atom. The topological polar surface area (TPSA) is 58.9 Å². The summed E-state index contributed by atoms with van der Waals surface area (Å²) in [6.45, 7) is 0. The second-order valence-electron chi connectivity index (χ2n) is 4.70. The van der Waals surface area contributed by atoms with E-state index in [1.54, 1.807) is 12.1 Å². The standard InChI is InChI=1S/C13H12BrIN2O2/c14-9-6-5-8(19-9)12-16-11(7-3-1-2-4-7)10(15)13(18)17-12/h5-7H,1-4H2,(H,16,17,18). The number of hydrogen-bond acceptors (Lipinski definition) is 3. The fourth-order valence-corrected chi connectivity index (χ4v) is 3.51. The van der Waals surface area contributed by atoms with Crippen molar-refractivity contribution in [2.75, 3.05) is 0 Å². The molecule has 0 atom stereocenters. The molecule has 1 saturated carbocycles. The second kappa shape index (κ2) is 5.40. The third kappa shape index (κ3) is 2.65. The zero-order valence-corrected chi connectivity index (χ0v) is 13.8. The van der Waals surface area contributed by atoms with Gasteiger partial charge in [0.1, 0.15) is 3.57 Å². The first-order valence-electron chi connectivity index (χ1n) is 6.20. The van der Waals surface area contributed by atoms with Gasteiger partial charge in [0.25, 0.3) is 5.56 Å². The lowest BCUT2D eigenvalue weighted by molar-refractivity contribution is 0.549. The maximum absolute atomic E-state index is 12.0. The van der Waals surface area contributed by atoms with Gasteiger partial charge in [-0.15, -0.1) is 0 Å². The highest BCUT2D eigenvalue weighted by molar-refractivity contribution is 14.1. The van der Waals surface area contributed by atoms with E-state index in [0.29, 0.717) is 25.7 Å². The maximum Gasteiger partial charge on any atom is 0.264 e. The van der Waals surface area contributed by atoms with Gasteiger partial charge in [-0.1, -0.05) is 12.8 Å². The number of rotatable bonds is 2. The van der Waals surface area contributed by atoms with E-state index in [4.69, 9.17) is 4.42 Å². The van der Waals surface area contributed by atoms with Gasteiger partial charge in [0.15, 0.2) is 16.3 Å². The summed E-state index contributed by atoms with van der Waals surface area (Å²) < 4.78 is 6.80. The molecule has 100 valence electrons. The minimum Gasteiger partial charge on any atom is -0.446 e. The van der Waals surface area contributed by atoms with E-state index >= 15 is 0 Å². The van der Waals surface area contributed by atoms with E-state index in [9.17, 15) is 4.79 Å². The Morgan fingerprint density at radius 1 is 1.37 bits per heavy atom. The maximum atomic E-state index is 12.0. The summed E-state index contributed by atoms with van der Waals surface area (Å²) in [7, 11) is 0. The Labute approximate surface area is 132 Å². The molecule has 1 fully saturated rings. The molecule has 0 bridgehead atoms. The SMILES string of the molecule is O=c1[nH]c(-c2ccc(Br)o2)nc(C2CCCC2)c1I. The quantitative estimate of drug-likeness (QED) is 0.725. The fraction of sp³-hybridized carbons (Fsp3) is 0.385. The molecule has 6 heteroatoms. The highest BCUT2D eigenvalue weighted by atomic mass is 127. The number of aromatic amines is 1. The van der Waals surface area contributed by atoms with E-state index in [1.165, 1.54) is 12.8 Å². The van der Waals surface area contributed by atoms with Gasteiger partial charge in [-0.05, 0) is 63.5 Å². The molecule has 1 aliphatic carbocycles. The highest BCUT2D eigenvalue weighted by Crippen LogP contribution is 2.35. The molecule has 0 saturated heterocycles. The van der Waals surface area contributed by atoms with E-state index < -0.39 is 0 Å². The Kier molecular flexibility index (Phi) is 3.79. The summed E-state index contributed by atoms with van der Waals surface area (Å²) in [6.07, 6.45) is 4.68. The second-order valence-corrected chi connectivity index (χ2v) is 6.56. The Hall–Kier alpha value is -0.630. The number of nitrogens with one attached hydrogen (secondary N) is 1. The van der Waals surface area contributed by atoms with Gasteiger partial charge in [-0.25, -0.2) is 4.98 Å². The van der Waals surface area contributed by atoms with Crippen LogP contribution in [0.2, 0.25) is 0 Å². The Bertz CT molecular complexity index is 659. The van der Waals surface area contributed by atoms with Crippen LogP contribution in [-0.4, -0.2) is 9.97 Å². The van der Waals surface area contributed by atoms with Crippen LogP contribution in [-0.2, 0) is 0 Å². The van der Waals surface area contributed by atoms with E-state index in [1.807, 2.05) is 0 Å². The zero-order valence-electron chi connectivity index (χ0n) is 10.1. The molecule has 2 heterocycles. The van der Waals surface area contributed by atoms with Crippen molar-refractivity contribution < 1.29 is 4.42 Å². The Balaban J connectivity index is 2.09. The van der Waals surface area contributed by atoms with Crippen LogP contribution < -0.4 is 5.56 Å². The monoisotopic (exact) mass is 434 g/mol. The van der Waals surface area contributed by atoms with Crippen molar-refractivity contribution in [1.29, 1.82) is 0 Å². The summed E-state index contributed by atoms with van der Waals surface area (Å²) in [5, 5.41) is 0. The van der Waals surface area contributed by atoms with Crippen molar-refractivity contribution in [2.24, 2.45) is 0 Å². The predicted octanol–water partition coefficient (Wildman–Crippen LogP) is 4.05. The normalized spacial score (nSPS) is 16.1. The molecule has 3 rings (SSSR count). The average Bonchev–Trinajstić information content (AvgIpc) is 3.03. The van der Waals surface area contributed by atoms with Gasteiger partial charge in [-0.3, -0.25) is 4.79 Å². The van der Waals surface area contributed by atoms with Gasteiger partial charge in [0.2, 0.25) is 0 Å². The van der Waals surface area contributed by atoms with Gasteiger partial charge in [-0.2, -0.15) is 0 Å². The Morgan fingerprint density at radius 2 is 2.11 bits per heavy atom. The number of halogens is 2. The number of aromatic nitrogens is 2. The van der Waals surface area contributed by atoms with Crippen molar-refractivity contribution in [3.05, 3.63) is 36.4 Å². The largest absolute Gasteiger partial charge is 0.446 e. The lowest BCUT2D eigenvalue weighted by Gasteiger charge is -2.11. The van der Waals surface area contributed by atoms with E-state index in [2.05, 4.69) is 48.5 Å². The molecule has 0 aliphatic heterocycles. The number of nitrogens with zero attached hydrogens (tertiary/aromatic N) is 1. The van der Waals surface area contributed by atoms with Gasteiger partial charge in [0, 0.05) is 5.92 Å². The van der Waals surface area contributed by atoms with Gasteiger partial charge < -0.3 is 9.40 Å². The summed E-state index contributed by atoms with van der Waals surface area (Å²) in [4.78, 5) is 19.4. The third-order valence-electron chi connectivity index (χ3n) is 3.44. The van der Waals surface area contributed by atoms with Crippen LogP contribution in [0.15, 0.2) is 26.0 Å². The minimum atomic E-state index is -0.0833. The number of H-pyrrole nitrogens is 1. The zero-order chi connectivity index (χ0) is 13.4. The molecule has 19 heavy (non-hydrogen) atoms. The van der Waals surface area contributed by atoms with Crippen LogP contribution >= 0.6 is 38.5 Å². The molecule has 0 amide bonds. The van der Waals surface area contributed by atoms with Gasteiger partial charge in [0.05, 0.1) is 5.69 Å². The molecule has 4 nitrogen and oxygen atoms in total. The minimum absolute atomic E-state index is 0.0833. The molecule has 0 aromatic carbocycles. The number of hydrogen-bond donors (Lipinski definition) is 1. The van der Waals surface area contributed by atoms with Crippen molar-refractivity contribution in [3.63, 3.8) is 0 Å². The lowest BCUT2D eigenvalue weighted by Crippen LogP contribution is -2.17. The van der Waals surface area contributed by atoms with Crippen molar-refractivity contribution >= 4 is 38.5 Å². The van der Waals surface area contributed by atoms with E-state index in [-0.39, 0.29) is 5.56 Å². The van der Waals surface area contributed by atoms with Crippen LogP contribution in [0.25, 0.3) is 11.6 Å². The smallest absolute Gasteiger partial charge is 0.264 e. The van der Waals surface area contributed by atoms with Crippen molar-refractivity contribution in [1.82, 2.24) is 9.97 Å². The highest BCUT2D eigenvalue weighted by Gasteiger charge is 2.23. The van der Waals surface area contributed by atoms with Crippen molar-refractivity contribution in [2.45, 2.75) is 31.6 Å². The number of furan rings is 1. The predicted molar refractivity (Wildman–Crippen MR) is 84.2 cm³/mol. The van der Waals surface area contributed by atoms with Crippen LogP contribution in [0.1, 0.15) is 37.3 Å². The third-order valence-corrected chi connectivity index (χ3v) is 4.91. The van der Waals surface area contributed by atoms with Crippen LogP contribution in [0.3, 0.4) is 0 Å². The molecule has 0 spiro atoms. The average molecular weight is 435 g/mol. The molecule has 0 radical (unpaired) electrons. The summed E-state index contributed by atoms with van der Waals surface area (Å²) in [6, 6.07) is 3.59. The molecule has 2 aromatic heterocycles. The summed E-state index contributed by atoms with van der Waals surface area (Å²) >= 11 is 5.35. The lowest BCUT2D eigenvalue weighted by atomic mass is 10.0. The van der Waals surface area contributed by atoms with Crippen LogP contribution in [0.5, 0.6) is 0 Å². The molecule has 1 N–H and O–H groups in total. The molecular formula is C13H12BrIN2O2. The molecular weight excluding hydrogens is 423 g/mol. The van der Waals surface area contributed by atoms with Crippen LogP contribution in [0.4, 0.5) is 0 Å². The molecule has 2 aromatic rings. The van der Waals surface area contributed by atoms with E-state index in [0.717, 1.165) is 18.5 Å². The first-order valence-corrected chi connectivity index (χ1v) is 8.08. The molecule has 0 unspecified atom stereocenters. The van der Waals surface area contributed by atoms with Crippen molar-refractivity contribution in [3.8, 4) is 11.6 Å².